The first kappa shape index (κ1) is 10.1. The Morgan fingerprint density at radius 3 is 2.95 bits per heavy atom. The number of nitrogens with zero attached hydrogens (tertiary/aromatic N) is 5. The summed E-state index contributed by atoms with van der Waals surface area (Å²) >= 11 is 0. The Kier molecular flexibility index (Phi) is 1.75. The molecule has 94 valence electrons. The minimum atomic E-state index is 0.561. The van der Waals surface area contributed by atoms with Gasteiger partial charge in [0.25, 0.3) is 0 Å². The van der Waals surface area contributed by atoms with Crippen LogP contribution in [0, 0.1) is 0 Å². The number of rotatable bonds is 0. The van der Waals surface area contributed by atoms with Crippen molar-refractivity contribution >= 4 is 22.3 Å². The highest BCUT2D eigenvalue weighted by Crippen LogP contribution is 2.46. The van der Waals surface area contributed by atoms with Crippen LogP contribution in [0.4, 0.5) is 5.82 Å². The van der Waals surface area contributed by atoms with E-state index in [1.807, 2.05) is 12.1 Å². The number of aromatic nitrogens is 3. The molecule has 0 fully saturated rings. The second-order valence-corrected chi connectivity index (χ2v) is 5.21. The van der Waals surface area contributed by atoms with Gasteiger partial charge in [-0.25, -0.2) is 0 Å². The van der Waals surface area contributed by atoms with E-state index in [9.17, 15) is 0 Å². The summed E-state index contributed by atoms with van der Waals surface area (Å²) in [7, 11) is 0. The Morgan fingerprint density at radius 1 is 0.950 bits per heavy atom. The van der Waals surface area contributed by atoms with Crippen molar-refractivity contribution in [1.29, 1.82) is 0 Å². The highest BCUT2D eigenvalue weighted by Gasteiger charge is 2.28. The van der Waals surface area contributed by atoms with Crippen LogP contribution in [0.15, 0.2) is 57.4 Å². The zero-order valence-corrected chi connectivity index (χ0v) is 10.5. The molecule has 5 nitrogen and oxygen atoms in total. The van der Waals surface area contributed by atoms with E-state index in [0.717, 1.165) is 35.0 Å². The maximum atomic E-state index is 4.44. The third-order valence-electron chi connectivity index (χ3n) is 4.06. The minimum Gasteiger partial charge on any atom is -0.148 e. The maximum absolute atomic E-state index is 4.44. The Hall–Kier alpha value is -2.69. The number of hydrogen-bond acceptors (Lipinski definition) is 5. The zero-order valence-electron chi connectivity index (χ0n) is 10.5. The number of fused-ring (bicyclic) bond motifs is 4. The summed E-state index contributed by atoms with van der Waals surface area (Å²) < 4.78 is 0. The predicted octanol–water partition coefficient (Wildman–Crippen LogP) is 3.49. The van der Waals surface area contributed by atoms with Crippen LogP contribution in [0.25, 0.3) is 16.5 Å². The van der Waals surface area contributed by atoms with Crippen LogP contribution in [0.3, 0.4) is 0 Å². The Bertz CT molecular complexity index is 896. The van der Waals surface area contributed by atoms with E-state index in [0.29, 0.717) is 5.82 Å². The standard InChI is InChI=1S/C15H9N5/c1-2-10-11-7-8-4-5-9(6-8)14(11)17-18-15-13(10)12(3-1)16-20-19-15/h1-5H,6-7H2. The number of benzene rings is 1. The van der Waals surface area contributed by atoms with Crippen LogP contribution in [-0.4, -0.2) is 15.4 Å². The van der Waals surface area contributed by atoms with Crippen molar-refractivity contribution in [3.8, 4) is 0 Å². The van der Waals surface area contributed by atoms with Gasteiger partial charge in [0, 0.05) is 0 Å². The van der Waals surface area contributed by atoms with E-state index in [4.69, 9.17) is 0 Å². The molecule has 3 aliphatic rings. The molecule has 0 amide bonds. The van der Waals surface area contributed by atoms with Gasteiger partial charge in [0.05, 0.1) is 16.6 Å². The second kappa shape index (κ2) is 3.45. The molecule has 1 aromatic heterocycles. The highest BCUT2D eigenvalue weighted by atomic mass is 15.3. The molecule has 0 saturated carbocycles. The van der Waals surface area contributed by atoms with Crippen LogP contribution in [0.1, 0.15) is 18.4 Å². The molecule has 0 spiro atoms. The quantitative estimate of drug-likeness (QED) is 0.727. The molecule has 0 radical (unpaired) electrons. The van der Waals surface area contributed by atoms with Crippen molar-refractivity contribution in [2.75, 3.05) is 0 Å². The summed E-state index contributed by atoms with van der Waals surface area (Å²) in [5.41, 5.74) is 6.86. The fourth-order valence-corrected chi connectivity index (χ4v) is 3.16. The first-order chi connectivity index (χ1) is 9.90. The van der Waals surface area contributed by atoms with Crippen LogP contribution in [-0.2, 0) is 0 Å². The lowest BCUT2D eigenvalue weighted by atomic mass is 9.86. The van der Waals surface area contributed by atoms with E-state index < -0.39 is 0 Å². The van der Waals surface area contributed by atoms with Gasteiger partial charge in [-0.3, -0.25) is 0 Å². The maximum Gasteiger partial charge on any atom is 0.208 e. The molecule has 5 rings (SSSR count). The van der Waals surface area contributed by atoms with Gasteiger partial charge in [0.1, 0.15) is 0 Å². The van der Waals surface area contributed by atoms with Crippen LogP contribution < -0.4 is 0 Å². The Labute approximate surface area is 114 Å². The lowest BCUT2D eigenvalue weighted by molar-refractivity contribution is 0.884. The van der Waals surface area contributed by atoms with E-state index >= 15 is 0 Å². The number of allylic oxidation sites excluding steroid dienone is 5. The summed E-state index contributed by atoms with van der Waals surface area (Å²) in [6, 6.07) is 6.05. The van der Waals surface area contributed by atoms with Crippen LogP contribution in [0.2, 0.25) is 0 Å². The molecule has 2 aliphatic carbocycles. The molecular formula is C15H9N5. The normalized spacial score (nSPS) is 18.8. The van der Waals surface area contributed by atoms with Crippen molar-refractivity contribution in [3.05, 3.63) is 52.8 Å². The third-order valence-corrected chi connectivity index (χ3v) is 4.06. The molecule has 0 saturated heterocycles. The van der Waals surface area contributed by atoms with Crippen LogP contribution >= 0.6 is 0 Å². The molecule has 0 unspecified atom stereocenters. The van der Waals surface area contributed by atoms with Crippen molar-refractivity contribution in [2.45, 2.75) is 12.8 Å². The molecule has 20 heavy (non-hydrogen) atoms. The lowest BCUT2D eigenvalue weighted by Crippen LogP contribution is -2.01. The van der Waals surface area contributed by atoms with E-state index in [1.54, 1.807) is 0 Å². The summed E-state index contributed by atoms with van der Waals surface area (Å²) in [5, 5.41) is 21.6. The fraction of sp³-hybridized carbons (Fsp3) is 0.133. The Balaban J connectivity index is 1.93. The first-order valence-corrected chi connectivity index (χ1v) is 6.56. The zero-order chi connectivity index (χ0) is 13.1. The molecule has 0 N–H and O–H groups in total. The van der Waals surface area contributed by atoms with Gasteiger partial charge in [-0.15, -0.1) is 20.4 Å². The van der Waals surface area contributed by atoms with Crippen molar-refractivity contribution in [3.63, 3.8) is 0 Å². The monoisotopic (exact) mass is 259 g/mol. The summed E-state index contributed by atoms with van der Waals surface area (Å²) in [6.45, 7) is 0. The molecule has 5 heteroatoms. The second-order valence-electron chi connectivity index (χ2n) is 5.21. The largest absolute Gasteiger partial charge is 0.208 e. The molecule has 2 heterocycles. The average molecular weight is 259 g/mol. The SMILES string of the molecule is C1=C2CC(=C1)C1=C(C2)c2cccc3nnnc(c23)N=N1. The van der Waals surface area contributed by atoms with Crippen molar-refractivity contribution in [2.24, 2.45) is 10.2 Å². The predicted molar refractivity (Wildman–Crippen MR) is 74.2 cm³/mol. The fourth-order valence-electron chi connectivity index (χ4n) is 3.16. The average Bonchev–Trinajstić information content (AvgIpc) is 2.79. The Morgan fingerprint density at radius 2 is 1.95 bits per heavy atom. The van der Waals surface area contributed by atoms with Gasteiger partial charge in [-0.1, -0.05) is 29.9 Å². The first-order valence-electron chi connectivity index (χ1n) is 6.56. The van der Waals surface area contributed by atoms with Gasteiger partial charge in [0.2, 0.25) is 5.82 Å². The van der Waals surface area contributed by atoms with Gasteiger partial charge in [-0.2, -0.15) is 0 Å². The molecular weight excluding hydrogens is 250 g/mol. The smallest absolute Gasteiger partial charge is 0.148 e. The highest BCUT2D eigenvalue weighted by molar-refractivity contribution is 6.00. The summed E-state index contributed by atoms with van der Waals surface area (Å²) in [5.74, 6) is 0.561. The van der Waals surface area contributed by atoms with E-state index in [-0.39, 0.29) is 0 Å². The van der Waals surface area contributed by atoms with E-state index in [2.05, 4.69) is 43.9 Å². The van der Waals surface area contributed by atoms with Crippen molar-refractivity contribution in [1.82, 2.24) is 15.4 Å². The molecule has 2 bridgehead atoms. The third kappa shape index (κ3) is 1.19. The summed E-state index contributed by atoms with van der Waals surface area (Å²) in [4.78, 5) is 0. The van der Waals surface area contributed by atoms with Crippen LogP contribution in [0.5, 0.6) is 0 Å². The topological polar surface area (TPSA) is 63.4 Å². The van der Waals surface area contributed by atoms with E-state index in [1.165, 1.54) is 16.7 Å². The molecule has 1 aromatic carbocycles. The van der Waals surface area contributed by atoms with Gasteiger partial charge in [0.15, 0.2) is 0 Å². The minimum absolute atomic E-state index is 0.561. The molecule has 0 atom stereocenters. The lowest BCUT2D eigenvalue weighted by Gasteiger charge is -2.18. The summed E-state index contributed by atoms with van der Waals surface area (Å²) in [6.07, 6.45) is 6.27. The van der Waals surface area contributed by atoms with Crippen molar-refractivity contribution < 1.29 is 0 Å². The van der Waals surface area contributed by atoms with Gasteiger partial charge >= 0.3 is 0 Å². The number of azo groups is 1. The molecule has 1 aliphatic heterocycles. The van der Waals surface area contributed by atoms with Gasteiger partial charge in [-0.05, 0) is 40.8 Å². The number of hydrogen-bond donors (Lipinski definition) is 0. The molecule has 2 aromatic rings. The van der Waals surface area contributed by atoms with Gasteiger partial charge < -0.3 is 0 Å².